The number of aromatic nitrogens is 1. The van der Waals surface area contributed by atoms with Crippen LogP contribution < -0.4 is 4.74 Å². The van der Waals surface area contributed by atoms with Crippen LogP contribution >= 0.6 is 0 Å². The van der Waals surface area contributed by atoms with Gasteiger partial charge in [0.05, 0.1) is 17.9 Å². The van der Waals surface area contributed by atoms with Crippen LogP contribution in [0.4, 0.5) is 13.2 Å². The van der Waals surface area contributed by atoms with Gasteiger partial charge in [-0.1, -0.05) is 6.92 Å². The molecular weight excluding hydrogens is 269 g/mol. The molecule has 0 spiro atoms. The molecule has 0 unspecified atom stereocenters. The van der Waals surface area contributed by atoms with Gasteiger partial charge in [0.25, 0.3) is 0 Å². The SMILES string of the molecule is C[C@H]1CC[C@H](Oc2cnc(C#N)c(C(F)(F)F)c2)CC1. The standard InChI is InChI=1S/C14H15F3N2O/c1-9-2-4-10(5-3-9)20-11-6-12(14(15,16)17)13(7-18)19-8-11/h6,8-10H,2-5H2,1H3/t9-,10-. The van der Waals surface area contributed by atoms with Crippen molar-refractivity contribution in [1.29, 1.82) is 5.26 Å². The van der Waals surface area contributed by atoms with E-state index in [1.54, 1.807) is 0 Å². The number of pyridine rings is 1. The Morgan fingerprint density at radius 2 is 1.95 bits per heavy atom. The summed E-state index contributed by atoms with van der Waals surface area (Å²) in [5.74, 6) is 0.718. The molecule has 0 saturated heterocycles. The molecule has 20 heavy (non-hydrogen) atoms. The molecule has 0 aromatic carbocycles. The van der Waals surface area contributed by atoms with Gasteiger partial charge in [0.15, 0.2) is 5.69 Å². The Labute approximate surface area is 115 Å². The summed E-state index contributed by atoms with van der Waals surface area (Å²) in [5.41, 5.74) is -1.66. The van der Waals surface area contributed by atoms with Crippen LogP contribution in [-0.2, 0) is 6.18 Å². The average molecular weight is 284 g/mol. The van der Waals surface area contributed by atoms with Crippen molar-refractivity contribution >= 4 is 0 Å². The van der Waals surface area contributed by atoms with E-state index in [-0.39, 0.29) is 11.9 Å². The maximum Gasteiger partial charge on any atom is 0.419 e. The summed E-state index contributed by atoms with van der Waals surface area (Å²) in [4.78, 5) is 3.54. The van der Waals surface area contributed by atoms with Gasteiger partial charge in [-0.25, -0.2) is 4.98 Å². The fraction of sp³-hybridized carbons (Fsp3) is 0.571. The highest BCUT2D eigenvalue weighted by atomic mass is 19.4. The van der Waals surface area contributed by atoms with Crippen LogP contribution in [0.1, 0.15) is 43.9 Å². The molecule has 1 fully saturated rings. The van der Waals surface area contributed by atoms with Gasteiger partial charge in [-0.05, 0) is 37.7 Å². The molecule has 0 bridgehead atoms. The van der Waals surface area contributed by atoms with Gasteiger partial charge in [0.1, 0.15) is 11.8 Å². The fourth-order valence-corrected chi connectivity index (χ4v) is 2.36. The minimum Gasteiger partial charge on any atom is -0.489 e. The van der Waals surface area contributed by atoms with Gasteiger partial charge >= 0.3 is 6.18 Å². The van der Waals surface area contributed by atoms with Crippen molar-refractivity contribution in [3.05, 3.63) is 23.5 Å². The van der Waals surface area contributed by atoms with E-state index in [1.165, 1.54) is 12.3 Å². The van der Waals surface area contributed by atoms with Gasteiger partial charge < -0.3 is 4.74 Å². The van der Waals surface area contributed by atoms with E-state index < -0.39 is 17.4 Å². The first-order valence-corrected chi connectivity index (χ1v) is 6.54. The smallest absolute Gasteiger partial charge is 0.419 e. The minimum atomic E-state index is -4.60. The van der Waals surface area contributed by atoms with Gasteiger partial charge in [-0.15, -0.1) is 0 Å². The third-order valence-corrected chi connectivity index (χ3v) is 3.54. The average Bonchev–Trinajstić information content (AvgIpc) is 2.40. The van der Waals surface area contributed by atoms with Crippen LogP contribution in [-0.4, -0.2) is 11.1 Å². The second-order valence-corrected chi connectivity index (χ2v) is 5.18. The monoisotopic (exact) mass is 284 g/mol. The van der Waals surface area contributed by atoms with E-state index in [0.29, 0.717) is 5.92 Å². The van der Waals surface area contributed by atoms with Crippen molar-refractivity contribution < 1.29 is 17.9 Å². The second-order valence-electron chi connectivity index (χ2n) is 5.18. The van der Waals surface area contributed by atoms with E-state index in [0.717, 1.165) is 31.7 Å². The molecule has 1 heterocycles. The zero-order valence-corrected chi connectivity index (χ0v) is 11.1. The van der Waals surface area contributed by atoms with E-state index in [4.69, 9.17) is 10.00 Å². The molecule has 1 aliphatic rings. The number of hydrogen-bond donors (Lipinski definition) is 0. The third kappa shape index (κ3) is 3.41. The van der Waals surface area contributed by atoms with Gasteiger partial charge in [-0.2, -0.15) is 18.4 Å². The van der Waals surface area contributed by atoms with Crippen molar-refractivity contribution in [2.45, 2.75) is 44.9 Å². The Balaban J connectivity index is 2.15. The summed E-state index contributed by atoms with van der Waals surface area (Å²) >= 11 is 0. The summed E-state index contributed by atoms with van der Waals surface area (Å²) in [7, 11) is 0. The predicted octanol–water partition coefficient (Wildman–Crippen LogP) is 3.93. The Morgan fingerprint density at radius 3 is 2.50 bits per heavy atom. The fourth-order valence-electron chi connectivity index (χ4n) is 2.36. The summed E-state index contributed by atoms with van der Waals surface area (Å²) < 4.78 is 44.0. The molecule has 2 rings (SSSR count). The van der Waals surface area contributed by atoms with Crippen LogP contribution in [0.5, 0.6) is 5.75 Å². The van der Waals surface area contributed by atoms with Crippen LogP contribution in [0.3, 0.4) is 0 Å². The number of nitrogens with zero attached hydrogens (tertiary/aromatic N) is 2. The number of nitriles is 1. The zero-order chi connectivity index (χ0) is 14.8. The molecule has 1 aromatic rings. The zero-order valence-electron chi connectivity index (χ0n) is 11.1. The largest absolute Gasteiger partial charge is 0.489 e. The lowest BCUT2D eigenvalue weighted by Crippen LogP contribution is -2.23. The molecule has 1 aliphatic carbocycles. The molecule has 108 valence electrons. The molecule has 1 aromatic heterocycles. The number of ether oxygens (including phenoxy) is 1. The van der Waals surface area contributed by atoms with Crippen molar-refractivity contribution in [2.75, 3.05) is 0 Å². The quantitative estimate of drug-likeness (QED) is 0.826. The maximum atomic E-state index is 12.8. The number of alkyl halides is 3. The molecule has 0 amide bonds. The molecular formula is C14H15F3N2O. The van der Waals surface area contributed by atoms with Crippen LogP contribution in [0.15, 0.2) is 12.3 Å². The predicted molar refractivity (Wildman–Crippen MR) is 66.0 cm³/mol. The first-order valence-electron chi connectivity index (χ1n) is 6.54. The molecule has 0 N–H and O–H groups in total. The highest BCUT2D eigenvalue weighted by Crippen LogP contribution is 2.34. The number of halogens is 3. The Kier molecular flexibility index (Phi) is 4.17. The first kappa shape index (κ1) is 14.6. The first-order chi connectivity index (χ1) is 9.40. The van der Waals surface area contributed by atoms with Crippen molar-refractivity contribution in [2.24, 2.45) is 5.92 Å². The highest BCUT2D eigenvalue weighted by molar-refractivity contribution is 5.38. The van der Waals surface area contributed by atoms with Crippen LogP contribution in [0.2, 0.25) is 0 Å². The molecule has 0 aliphatic heterocycles. The Bertz CT molecular complexity index is 514. The molecule has 0 atom stereocenters. The second kappa shape index (κ2) is 5.70. The van der Waals surface area contributed by atoms with E-state index in [2.05, 4.69) is 11.9 Å². The highest BCUT2D eigenvalue weighted by Gasteiger charge is 2.35. The normalized spacial score (nSPS) is 23.1. The number of rotatable bonds is 2. The van der Waals surface area contributed by atoms with Crippen LogP contribution in [0.25, 0.3) is 0 Å². The molecule has 0 radical (unpaired) electrons. The Morgan fingerprint density at radius 1 is 1.30 bits per heavy atom. The van der Waals surface area contributed by atoms with E-state index >= 15 is 0 Å². The van der Waals surface area contributed by atoms with E-state index in [1.807, 2.05) is 0 Å². The summed E-state index contributed by atoms with van der Waals surface area (Å²) in [6, 6.07) is 2.32. The lowest BCUT2D eigenvalue weighted by Gasteiger charge is -2.27. The van der Waals surface area contributed by atoms with E-state index in [9.17, 15) is 13.2 Å². The van der Waals surface area contributed by atoms with Crippen molar-refractivity contribution in [3.8, 4) is 11.8 Å². The third-order valence-electron chi connectivity index (χ3n) is 3.54. The van der Waals surface area contributed by atoms with Gasteiger partial charge in [0.2, 0.25) is 0 Å². The maximum absolute atomic E-state index is 12.8. The number of hydrogen-bond acceptors (Lipinski definition) is 3. The van der Waals surface area contributed by atoms with Crippen molar-refractivity contribution in [1.82, 2.24) is 4.98 Å². The van der Waals surface area contributed by atoms with Crippen molar-refractivity contribution in [3.63, 3.8) is 0 Å². The molecule has 3 nitrogen and oxygen atoms in total. The summed E-state index contributed by atoms with van der Waals surface area (Å²) in [5, 5.41) is 8.67. The van der Waals surface area contributed by atoms with Gasteiger partial charge in [-0.3, -0.25) is 0 Å². The topological polar surface area (TPSA) is 45.9 Å². The van der Waals surface area contributed by atoms with Gasteiger partial charge in [0, 0.05) is 0 Å². The lowest BCUT2D eigenvalue weighted by molar-refractivity contribution is -0.138. The lowest BCUT2D eigenvalue weighted by atomic mass is 9.89. The minimum absolute atomic E-state index is 0.0676. The van der Waals surface area contributed by atoms with Crippen LogP contribution in [0, 0.1) is 17.2 Å². The molecule has 6 heteroatoms. The summed E-state index contributed by atoms with van der Waals surface area (Å²) in [6.07, 6.45) is 0.221. The summed E-state index contributed by atoms with van der Waals surface area (Å²) in [6.45, 7) is 2.15. The molecule has 1 saturated carbocycles. The Hall–Kier alpha value is -1.77.